The number of ether oxygens (including phenoxy) is 1. The molecule has 0 saturated heterocycles. The SMILES string of the molecule is CCOC(=O)C(CN)(CC(=O)NCCO)C(C)C. The van der Waals surface area contributed by atoms with Crippen LogP contribution in [0.25, 0.3) is 0 Å². The van der Waals surface area contributed by atoms with E-state index in [0.29, 0.717) is 0 Å². The van der Waals surface area contributed by atoms with Crippen LogP contribution in [-0.4, -0.2) is 43.3 Å². The van der Waals surface area contributed by atoms with E-state index in [1.807, 2.05) is 13.8 Å². The second kappa shape index (κ2) is 8.05. The minimum absolute atomic E-state index is 0.0278. The molecule has 0 bridgehead atoms. The van der Waals surface area contributed by atoms with Gasteiger partial charge in [-0.25, -0.2) is 0 Å². The van der Waals surface area contributed by atoms with Gasteiger partial charge in [0.1, 0.15) is 0 Å². The van der Waals surface area contributed by atoms with E-state index in [1.54, 1.807) is 6.92 Å². The number of hydrogen-bond donors (Lipinski definition) is 3. The number of carbonyl (C=O) groups is 2. The molecule has 0 heterocycles. The molecule has 0 rings (SSSR count). The topological polar surface area (TPSA) is 102 Å². The Bertz CT molecular complexity index is 281. The summed E-state index contributed by atoms with van der Waals surface area (Å²) < 4.78 is 5.02. The van der Waals surface area contributed by atoms with Gasteiger partial charge in [-0.3, -0.25) is 9.59 Å². The Morgan fingerprint density at radius 2 is 2.06 bits per heavy atom. The second-order valence-electron chi connectivity index (χ2n) is 4.49. The van der Waals surface area contributed by atoms with Crippen molar-refractivity contribution in [3.05, 3.63) is 0 Å². The molecule has 106 valence electrons. The normalized spacial score (nSPS) is 14.1. The van der Waals surface area contributed by atoms with Crippen molar-refractivity contribution in [2.75, 3.05) is 26.3 Å². The predicted octanol–water partition coefficient (Wildman–Crippen LogP) is -0.351. The average Bonchev–Trinajstić information content (AvgIpc) is 2.33. The van der Waals surface area contributed by atoms with Gasteiger partial charge < -0.3 is 20.9 Å². The zero-order chi connectivity index (χ0) is 14.2. The lowest BCUT2D eigenvalue weighted by Gasteiger charge is -2.33. The summed E-state index contributed by atoms with van der Waals surface area (Å²) >= 11 is 0. The Hall–Kier alpha value is -1.14. The molecule has 0 aromatic rings. The summed E-state index contributed by atoms with van der Waals surface area (Å²) in [4.78, 5) is 23.7. The summed E-state index contributed by atoms with van der Waals surface area (Å²) in [5.74, 6) is -0.862. The molecule has 1 amide bonds. The van der Waals surface area contributed by atoms with Gasteiger partial charge in [-0.2, -0.15) is 0 Å². The number of carbonyl (C=O) groups excluding carboxylic acids is 2. The van der Waals surface area contributed by atoms with E-state index < -0.39 is 11.4 Å². The lowest BCUT2D eigenvalue weighted by molar-refractivity contribution is -0.160. The van der Waals surface area contributed by atoms with Gasteiger partial charge in [-0.15, -0.1) is 0 Å². The summed E-state index contributed by atoms with van der Waals surface area (Å²) in [6.45, 7) is 5.72. The lowest BCUT2D eigenvalue weighted by Crippen LogP contribution is -2.48. The Morgan fingerprint density at radius 3 is 2.44 bits per heavy atom. The zero-order valence-corrected chi connectivity index (χ0v) is 11.4. The van der Waals surface area contributed by atoms with Gasteiger partial charge in [0.2, 0.25) is 5.91 Å². The maximum Gasteiger partial charge on any atom is 0.314 e. The Labute approximate surface area is 108 Å². The molecule has 0 saturated carbocycles. The van der Waals surface area contributed by atoms with E-state index in [2.05, 4.69) is 5.32 Å². The highest BCUT2D eigenvalue weighted by molar-refractivity contribution is 5.86. The molecule has 6 nitrogen and oxygen atoms in total. The first-order valence-electron chi connectivity index (χ1n) is 6.19. The fourth-order valence-corrected chi connectivity index (χ4v) is 1.72. The van der Waals surface area contributed by atoms with Gasteiger partial charge in [-0.05, 0) is 12.8 Å². The molecule has 0 aliphatic rings. The second-order valence-corrected chi connectivity index (χ2v) is 4.49. The van der Waals surface area contributed by atoms with Gasteiger partial charge in [0, 0.05) is 19.5 Å². The molecule has 0 aliphatic heterocycles. The number of nitrogens with one attached hydrogen (secondary N) is 1. The summed E-state index contributed by atoms with van der Waals surface area (Å²) in [6, 6.07) is 0. The van der Waals surface area contributed by atoms with Crippen molar-refractivity contribution in [2.45, 2.75) is 27.2 Å². The molecular formula is C12H24N2O4. The molecule has 1 unspecified atom stereocenters. The van der Waals surface area contributed by atoms with E-state index in [-0.39, 0.29) is 44.5 Å². The highest BCUT2D eigenvalue weighted by Gasteiger charge is 2.43. The molecule has 0 aromatic carbocycles. The number of hydrogen-bond acceptors (Lipinski definition) is 5. The number of esters is 1. The van der Waals surface area contributed by atoms with E-state index in [1.165, 1.54) is 0 Å². The number of nitrogens with two attached hydrogens (primary N) is 1. The van der Waals surface area contributed by atoms with Crippen molar-refractivity contribution in [1.82, 2.24) is 5.32 Å². The Kier molecular flexibility index (Phi) is 7.54. The molecule has 1 atom stereocenters. The van der Waals surface area contributed by atoms with Gasteiger partial charge in [0.05, 0.1) is 18.6 Å². The van der Waals surface area contributed by atoms with Crippen LogP contribution in [0.3, 0.4) is 0 Å². The van der Waals surface area contributed by atoms with Crippen molar-refractivity contribution < 1.29 is 19.4 Å². The minimum Gasteiger partial charge on any atom is -0.466 e. The fourth-order valence-electron chi connectivity index (χ4n) is 1.72. The van der Waals surface area contributed by atoms with E-state index >= 15 is 0 Å². The van der Waals surface area contributed by atoms with Crippen LogP contribution < -0.4 is 11.1 Å². The van der Waals surface area contributed by atoms with Crippen LogP contribution in [0.2, 0.25) is 0 Å². The van der Waals surface area contributed by atoms with Crippen LogP contribution in [-0.2, 0) is 14.3 Å². The zero-order valence-electron chi connectivity index (χ0n) is 11.4. The first-order chi connectivity index (χ1) is 8.44. The van der Waals surface area contributed by atoms with Crippen LogP contribution in [0.1, 0.15) is 27.2 Å². The standard InChI is InChI=1S/C12H24N2O4/c1-4-18-11(17)12(8-13,9(2)3)7-10(16)14-5-6-15/h9,15H,4-8,13H2,1-3H3,(H,14,16). The van der Waals surface area contributed by atoms with Crippen LogP contribution in [0.4, 0.5) is 0 Å². The van der Waals surface area contributed by atoms with Crippen LogP contribution >= 0.6 is 0 Å². The molecule has 6 heteroatoms. The van der Waals surface area contributed by atoms with Crippen molar-refractivity contribution in [3.8, 4) is 0 Å². The molecule has 18 heavy (non-hydrogen) atoms. The third-order valence-electron chi connectivity index (χ3n) is 3.06. The van der Waals surface area contributed by atoms with Gasteiger partial charge in [0.25, 0.3) is 0 Å². The summed E-state index contributed by atoms with van der Waals surface area (Å²) in [5.41, 5.74) is 4.68. The van der Waals surface area contributed by atoms with Crippen molar-refractivity contribution in [1.29, 1.82) is 0 Å². The van der Waals surface area contributed by atoms with Gasteiger partial charge >= 0.3 is 5.97 Å². The molecule has 0 radical (unpaired) electrons. The quantitative estimate of drug-likeness (QED) is 0.518. The lowest BCUT2D eigenvalue weighted by atomic mass is 9.74. The fraction of sp³-hybridized carbons (Fsp3) is 0.833. The molecule has 0 aromatic heterocycles. The van der Waals surface area contributed by atoms with E-state index in [4.69, 9.17) is 15.6 Å². The van der Waals surface area contributed by atoms with Gasteiger partial charge in [0.15, 0.2) is 0 Å². The highest BCUT2D eigenvalue weighted by Crippen LogP contribution is 2.32. The highest BCUT2D eigenvalue weighted by atomic mass is 16.5. The summed E-state index contributed by atoms with van der Waals surface area (Å²) in [7, 11) is 0. The summed E-state index contributed by atoms with van der Waals surface area (Å²) in [6.07, 6.45) is -0.0278. The minimum atomic E-state index is -1.00. The Balaban J connectivity index is 4.86. The monoisotopic (exact) mass is 260 g/mol. The molecular weight excluding hydrogens is 236 g/mol. The van der Waals surface area contributed by atoms with Crippen molar-refractivity contribution in [2.24, 2.45) is 17.1 Å². The number of aliphatic hydroxyl groups excluding tert-OH is 1. The first-order valence-corrected chi connectivity index (χ1v) is 6.19. The maximum atomic E-state index is 12.0. The van der Waals surface area contributed by atoms with Crippen molar-refractivity contribution in [3.63, 3.8) is 0 Å². The number of rotatable bonds is 8. The average molecular weight is 260 g/mol. The molecule has 0 spiro atoms. The largest absolute Gasteiger partial charge is 0.466 e. The smallest absolute Gasteiger partial charge is 0.314 e. The summed E-state index contributed by atoms with van der Waals surface area (Å²) in [5, 5.41) is 11.2. The van der Waals surface area contributed by atoms with Crippen LogP contribution in [0.15, 0.2) is 0 Å². The number of aliphatic hydroxyl groups is 1. The first kappa shape index (κ1) is 16.9. The third-order valence-corrected chi connectivity index (χ3v) is 3.06. The van der Waals surface area contributed by atoms with Crippen LogP contribution in [0, 0.1) is 11.3 Å². The molecule has 0 fully saturated rings. The Morgan fingerprint density at radius 1 is 1.44 bits per heavy atom. The predicted molar refractivity (Wildman–Crippen MR) is 67.7 cm³/mol. The molecule has 0 aliphatic carbocycles. The van der Waals surface area contributed by atoms with Crippen LogP contribution in [0.5, 0.6) is 0 Å². The number of amides is 1. The maximum absolute atomic E-state index is 12.0. The van der Waals surface area contributed by atoms with Crippen molar-refractivity contribution >= 4 is 11.9 Å². The van der Waals surface area contributed by atoms with E-state index in [0.717, 1.165) is 0 Å². The van der Waals surface area contributed by atoms with Gasteiger partial charge in [-0.1, -0.05) is 13.8 Å². The van der Waals surface area contributed by atoms with E-state index in [9.17, 15) is 9.59 Å². The third kappa shape index (κ3) is 4.27. The molecule has 4 N–H and O–H groups in total.